The molecule has 158 valence electrons. The van der Waals surface area contributed by atoms with E-state index in [1.165, 1.54) is 12.1 Å². The standard InChI is InChI=1S/C24H22FN3O3/c1-15-13-28(14-26-15)20-11-6-16(12-22(20)29-2)23-19-4-3-5-21(24(19)31-27-23)30-18-9-7-17(25)8-10-18/h6-14,21H,3-5H2,1-2H3. The first-order valence-electron chi connectivity index (χ1n) is 10.2. The van der Waals surface area contributed by atoms with Crippen molar-refractivity contribution < 1.29 is 18.4 Å². The van der Waals surface area contributed by atoms with Gasteiger partial charge in [-0.2, -0.15) is 0 Å². The number of benzene rings is 2. The number of aromatic nitrogens is 3. The summed E-state index contributed by atoms with van der Waals surface area (Å²) in [6.45, 7) is 1.95. The van der Waals surface area contributed by atoms with Gasteiger partial charge in [0.1, 0.15) is 23.0 Å². The van der Waals surface area contributed by atoms with Gasteiger partial charge in [0.05, 0.1) is 24.8 Å². The molecule has 0 saturated carbocycles. The third-order valence-corrected chi connectivity index (χ3v) is 5.54. The predicted octanol–water partition coefficient (Wildman–Crippen LogP) is 5.44. The second-order valence-electron chi connectivity index (χ2n) is 7.64. The molecule has 1 aliphatic carbocycles. The summed E-state index contributed by atoms with van der Waals surface area (Å²) >= 11 is 0. The molecular weight excluding hydrogens is 397 g/mol. The second kappa shape index (κ2) is 7.91. The zero-order chi connectivity index (χ0) is 21.4. The molecule has 2 aromatic heterocycles. The quantitative estimate of drug-likeness (QED) is 0.431. The average molecular weight is 419 g/mol. The van der Waals surface area contributed by atoms with E-state index in [-0.39, 0.29) is 11.9 Å². The highest BCUT2D eigenvalue weighted by Crippen LogP contribution is 2.40. The zero-order valence-corrected chi connectivity index (χ0v) is 17.3. The van der Waals surface area contributed by atoms with Crippen molar-refractivity contribution in [2.45, 2.75) is 32.3 Å². The van der Waals surface area contributed by atoms with Crippen LogP contribution in [0.25, 0.3) is 16.9 Å². The molecule has 0 bridgehead atoms. The van der Waals surface area contributed by atoms with Crippen LogP contribution in [0.3, 0.4) is 0 Å². The van der Waals surface area contributed by atoms with E-state index in [0.29, 0.717) is 5.75 Å². The summed E-state index contributed by atoms with van der Waals surface area (Å²) in [6.07, 6.45) is 6.11. The minimum Gasteiger partial charge on any atom is -0.495 e. The van der Waals surface area contributed by atoms with Crippen LogP contribution in [-0.4, -0.2) is 21.8 Å². The Labute approximate surface area is 179 Å². The van der Waals surface area contributed by atoms with E-state index in [4.69, 9.17) is 14.0 Å². The summed E-state index contributed by atoms with van der Waals surface area (Å²) < 4.78 is 32.6. The van der Waals surface area contributed by atoms with Crippen LogP contribution in [0.1, 0.15) is 36.0 Å². The molecule has 1 atom stereocenters. The Bertz CT molecular complexity index is 1210. The Hall–Kier alpha value is -3.61. The number of ether oxygens (including phenoxy) is 2. The largest absolute Gasteiger partial charge is 0.495 e. The van der Waals surface area contributed by atoms with Gasteiger partial charge < -0.3 is 18.6 Å². The maximum atomic E-state index is 13.2. The van der Waals surface area contributed by atoms with Gasteiger partial charge in [-0.1, -0.05) is 11.2 Å². The normalized spacial score (nSPS) is 15.5. The van der Waals surface area contributed by atoms with E-state index < -0.39 is 0 Å². The van der Waals surface area contributed by atoms with Gasteiger partial charge in [-0.15, -0.1) is 0 Å². The molecule has 4 aromatic rings. The highest BCUT2D eigenvalue weighted by molar-refractivity contribution is 5.68. The number of methoxy groups -OCH3 is 1. The van der Waals surface area contributed by atoms with E-state index in [9.17, 15) is 4.39 Å². The molecule has 2 aromatic carbocycles. The molecule has 1 unspecified atom stereocenters. The van der Waals surface area contributed by atoms with E-state index in [1.807, 2.05) is 35.9 Å². The van der Waals surface area contributed by atoms with Crippen molar-refractivity contribution in [2.24, 2.45) is 0 Å². The highest BCUT2D eigenvalue weighted by Gasteiger charge is 2.30. The molecule has 1 aliphatic rings. The monoisotopic (exact) mass is 419 g/mol. The van der Waals surface area contributed by atoms with Crippen LogP contribution in [0.2, 0.25) is 0 Å². The molecule has 0 radical (unpaired) electrons. The number of aryl methyl sites for hydroxylation is 1. The number of hydrogen-bond acceptors (Lipinski definition) is 5. The van der Waals surface area contributed by atoms with Crippen LogP contribution < -0.4 is 9.47 Å². The van der Waals surface area contributed by atoms with Crippen molar-refractivity contribution in [1.29, 1.82) is 0 Å². The fraction of sp³-hybridized carbons (Fsp3) is 0.250. The van der Waals surface area contributed by atoms with Gasteiger partial charge in [0.15, 0.2) is 11.9 Å². The molecule has 2 heterocycles. The number of nitrogens with zero attached hydrogens (tertiary/aromatic N) is 3. The summed E-state index contributed by atoms with van der Waals surface area (Å²) in [4.78, 5) is 4.29. The van der Waals surface area contributed by atoms with E-state index in [0.717, 1.165) is 59.0 Å². The Morgan fingerprint density at radius 1 is 1.16 bits per heavy atom. The van der Waals surface area contributed by atoms with E-state index in [2.05, 4.69) is 10.1 Å². The lowest BCUT2D eigenvalue weighted by atomic mass is 9.92. The molecule has 0 fully saturated rings. The molecule has 31 heavy (non-hydrogen) atoms. The maximum absolute atomic E-state index is 13.2. The number of halogens is 1. The molecule has 0 saturated heterocycles. The van der Waals surface area contributed by atoms with E-state index in [1.54, 1.807) is 25.6 Å². The fourth-order valence-corrected chi connectivity index (χ4v) is 4.02. The summed E-state index contributed by atoms with van der Waals surface area (Å²) in [7, 11) is 1.65. The van der Waals surface area contributed by atoms with Gasteiger partial charge >= 0.3 is 0 Å². The van der Waals surface area contributed by atoms with Crippen LogP contribution in [-0.2, 0) is 6.42 Å². The minimum absolute atomic E-state index is 0.245. The average Bonchev–Trinajstić information content (AvgIpc) is 3.42. The van der Waals surface area contributed by atoms with Gasteiger partial charge in [0, 0.05) is 17.3 Å². The van der Waals surface area contributed by atoms with E-state index >= 15 is 0 Å². The number of fused-ring (bicyclic) bond motifs is 1. The molecule has 0 aliphatic heterocycles. The van der Waals surface area contributed by atoms with Gasteiger partial charge in [-0.05, 0) is 62.6 Å². The predicted molar refractivity (Wildman–Crippen MR) is 113 cm³/mol. The number of rotatable bonds is 5. The summed E-state index contributed by atoms with van der Waals surface area (Å²) in [6, 6.07) is 12.0. The summed E-state index contributed by atoms with van der Waals surface area (Å²) in [5.74, 6) is 1.78. The first kappa shape index (κ1) is 19.4. The van der Waals surface area contributed by atoms with Crippen molar-refractivity contribution in [1.82, 2.24) is 14.7 Å². The lowest BCUT2D eigenvalue weighted by molar-refractivity contribution is 0.144. The zero-order valence-electron chi connectivity index (χ0n) is 17.3. The van der Waals surface area contributed by atoms with Gasteiger partial charge in [-0.3, -0.25) is 0 Å². The first-order chi connectivity index (χ1) is 15.1. The van der Waals surface area contributed by atoms with Crippen molar-refractivity contribution in [3.05, 3.63) is 77.8 Å². The third-order valence-electron chi connectivity index (χ3n) is 5.54. The van der Waals surface area contributed by atoms with Crippen molar-refractivity contribution in [2.75, 3.05) is 7.11 Å². The fourth-order valence-electron chi connectivity index (χ4n) is 4.02. The molecule has 5 rings (SSSR count). The summed E-state index contributed by atoms with van der Waals surface area (Å²) in [5.41, 5.74) is 4.61. The third kappa shape index (κ3) is 3.67. The second-order valence-corrected chi connectivity index (χ2v) is 7.64. The SMILES string of the molecule is COc1cc(-c2noc3c2CCCC3Oc2ccc(F)cc2)ccc1-n1cnc(C)c1. The Morgan fingerprint density at radius 3 is 2.74 bits per heavy atom. The minimum atomic E-state index is -0.290. The molecule has 0 spiro atoms. The molecule has 6 nitrogen and oxygen atoms in total. The van der Waals surface area contributed by atoms with Gasteiger partial charge in [-0.25, -0.2) is 9.37 Å². The van der Waals surface area contributed by atoms with Gasteiger partial charge in [0.25, 0.3) is 0 Å². The highest BCUT2D eigenvalue weighted by atomic mass is 19.1. The topological polar surface area (TPSA) is 62.3 Å². The van der Waals surface area contributed by atoms with Crippen molar-refractivity contribution in [3.8, 4) is 28.4 Å². The van der Waals surface area contributed by atoms with Crippen molar-refractivity contribution >= 4 is 0 Å². The van der Waals surface area contributed by atoms with Crippen LogP contribution in [0.15, 0.2) is 59.5 Å². The van der Waals surface area contributed by atoms with Crippen LogP contribution >= 0.6 is 0 Å². The van der Waals surface area contributed by atoms with Crippen LogP contribution in [0, 0.1) is 12.7 Å². The summed E-state index contributed by atoms with van der Waals surface area (Å²) in [5, 5.41) is 4.37. The Kier molecular flexibility index (Phi) is 4.94. The first-order valence-corrected chi connectivity index (χ1v) is 10.2. The molecular formula is C24H22FN3O3. The maximum Gasteiger partial charge on any atom is 0.181 e. The number of imidazole rings is 1. The van der Waals surface area contributed by atoms with Crippen LogP contribution in [0.5, 0.6) is 11.5 Å². The van der Waals surface area contributed by atoms with Gasteiger partial charge in [0.2, 0.25) is 0 Å². The lowest BCUT2D eigenvalue weighted by Crippen LogP contribution is -2.14. The smallest absolute Gasteiger partial charge is 0.181 e. The molecule has 7 heteroatoms. The van der Waals surface area contributed by atoms with Crippen LogP contribution in [0.4, 0.5) is 4.39 Å². The number of hydrogen-bond donors (Lipinski definition) is 0. The lowest BCUT2D eigenvalue weighted by Gasteiger charge is -2.22. The Balaban J connectivity index is 1.47. The molecule has 0 N–H and O–H groups in total. The molecule has 0 amide bonds. The van der Waals surface area contributed by atoms with Crippen molar-refractivity contribution in [3.63, 3.8) is 0 Å². The Morgan fingerprint density at radius 2 is 2.00 bits per heavy atom.